The van der Waals surface area contributed by atoms with Crippen LogP contribution in [0.5, 0.6) is 17.2 Å². The molecule has 2 aromatic carbocycles. The number of thioether (sulfide) groups is 1. The first kappa shape index (κ1) is 26.8. The summed E-state index contributed by atoms with van der Waals surface area (Å²) in [5.74, 6) is 2.06. The number of hydrogen-bond acceptors (Lipinski definition) is 6. The van der Waals surface area contributed by atoms with Crippen molar-refractivity contribution >= 4 is 40.3 Å². The number of thiocarbonyl (C=S) groups is 1. The van der Waals surface area contributed by atoms with Gasteiger partial charge < -0.3 is 14.2 Å². The van der Waals surface area contributed by atoms with Crippen LogP contribution in [0.2, 0.25) is 0 Å². The Bertz CT molecular complexity index is 1090. The standard InChI is InChI=1S/C28H33NO4S2/c1-6-15-29-26(30)25(35-27(29)34)19-20-9-14-23(24(18-20)31-7-2)33-17-8-16-32-22-12-10-21(11-13-22)28(3,4)5/h6,9-14,18-19H,1,7-8,15-17H2,2-5H3. The Hall–Kier alpha value is -2.77. The summed E-state index contributed by atoms with van der Waals surface area (Å²) in [4.78, 5) is 14.7. The number of hydrogen-bond donors (Lipinski definition) is 0. The molecule has 2 aromatic rings. The summed E-state index contributed by atoms with van der Waals surface area (Å²) in [6.45, 7) is 14.2. The molecule has 35 heavy (non-hydrogen) atoms. The quantitative estimate of drug-likeness (QED) is 0.146. The minimum Gasteiger partial charge on any atom is -0.493 e. The van der Waals surface area contributed by atoms with Gasteiger partial charge in [-0.05, 0) is 53.8 Å². The third-order valence-corrected chi connectivity index (χ3v) is 6.66. The van der Waals surface area contributed by atoms with Crippen LogP contribution in [0.4, 0.5) is 0 Å². The molecular weight excluding hydrogens is 478 g/mol. The average Bonchev–Trinajstić information content (AvgIpc) is 3.07. The van der Waals surface area contributed by atoms with Crippen molar-refractivity contribution in [1.29, 1.82) is 0 Å². The summed E-state index contributed by atoms with van der Waals surface area (Å²) in [5, 5.41) is 0. The van der Waals surface area contributed by atoms with E-state index < -0.39 is 0 Å². The van der Waals surface area contributed by atoms with E-state index in [1.165, 1.54) is 17.3 Å². The van der Waals surface area contributed by atoms with E-state index in [9.17, 15) is 4.79 Å². The van der Waals surface area contributed by atoms with E-state index in [2.05, 4.69) is 39.5 Å². The summed E-state index contributed by atoms with van der Waals surface area (Å²) in [6.07, 6.45) is 4.23. The Morgan fingerprint density at radius 1 is 1.03 bits per heavy atom. The molecule has 1 fully saturated rings. The van der Waals surface area contributed by atoms with E-state index in [0.29, 0.717) is 47.1 Å². The van der Waals surface area contributed by atoms with Crippen LogP contribution in [-0.4, -0.2) is 41.5 Å². The topological polar surface area (TPSA) is 48.0 Å². The number of ether oxygens (including phenoxy) is 3. The SMILES string of the molecule is C=CCN1C(=O)C(=Cc2ccc(OCCCOc3ccc(C(C)(C)C)cc3)c(OCC)c2)SC1=S. The largest absolute Gasteiger partial charge is 0.493 e. The fraction of sp³-hybridized carbons (Fsp3) is 0.357. The summed E-state index contributed by atoms with van der Waals surface area (Å²) in [6, 6.07) is 13.9. The molecule has 0 bridgehead atoms. The zero-order valence-electron chi connectivity index (χ0n) is 20.8. The van der Waals surface area contributed by atoms with Crippen LogP contribution in [0.25, 0.3) is 6.08 Å². The molecule has 3 rings (SSSR count). The normalized spacial score (nSPS) is 15.0. The lowest BCUT2D eigenvalue weighted by Gasteiger charge is -2.19. The van der Waals surface area contributed by atoms with Crippen LogP contribution in [0.15, 0.2) is 60.0 Å². The highest BCUT2D eigenvalue weighted by molar-refractivity contribution is 8.26. The highest BCUT2D eigenvalue weighted by atomic mass is 32.2. The van der Waals surface area contributed by atoms with E-state index >= 15 is 0 Å². The third-order valence-electron chi connectivity index (χ3n) is 5.29. The average molecular weight is 512 g/mol. The number of carbonyl (C=O) groups excluding carboxylic acids is 1. The van der Waals surface area contributed by atoms with Crippen LogP contribution in [0.1, 0.15) is 45.2 Å². The summed E-state index contributed by atoms with van der Waals surface area (Å²) in [7, 11) is 0. The van der Waals surface area contributed by atoms with Crippen LogP contribution < -0.4 is 14.2 Å². The molecule has 0 spiro atoms. The number of amides is 1. The molecule has 1 saturated heterocycles. The molecule has 0 N–H and O–H groups in total. The molecule has 0 atom stereocenters. The second kappa shape index (κ2) is 12.3. The van der Waals surface area contributed by atoms with Crippen LogP contribution in [0.3, 0.4) is 0 Å². The lowest BCUT2D eigenvalue weighted by Crippen LogP contribution is -2.27. The Balaban J connectivity index is 1.56. The Kier molecular flexibility index (Phi) is 9.40. The van der Waals surface area contributed by atoms with Gasteiger partial charge in [0.1, 0.15) is 10.1 Å². The van der Waals surface area contributed by atoms with Gasteiger partial charge >= 0.3 is 0 Å². The van der Waals surface area contributed by atoms with E-state index in [1.807, 2.05) is 43.3 Å². The zero-order valence-corrected chi connectivity index (χ0v) is 22.5. The van der Waals surface area contributed by atoms with E-state index in [1.54, 1.807) is 11.0 Å². The van der Waals surface area contributed by atoms with Crippen LogP contribution >= 0.6 is 24.0 Å². The number of carbonyl (C=O) groups is 1. The van der Waals surface area contributed by atoms with Gasteiger partial charge in [0, 0.05) is 13.0 Å². The maximum Gasteiger partial charge on any atom is 0.266 e. The maximum atomic E-state index is 12.6. The molecule has 5 nitrogen and oxygen atoms in total. The molecule has 0 radical (unpaired) electrons. The van der Waals surface area contributed by atoms with Crippen molar-refractivity contribution in [2.24, 2.45) is 0 Å². The Morgan fingerprint density at radius 3 is 2.40 bits per heavy atom. The second-order valence-electron chi connectivity index (χ2n) is 9.05. The van der Waals surface area contributed by atoms with Crippen LogP contribution in [-0.2, 0) is 10.2 Å². The van der Waals surface area contributed by atoms with Gasteiger partial charge in [0.2, 0.25) is 0 Å². The van der Waals surface area contributed by atoms with E-state index in [4.69, 9.17) is 26.4 Å². The van der Waals surface area contributed by atoms with Gasteiger partial charge in [0.05, 0.1) is 24.7 Å². The van der Waals surface area contributed by atoms with Gasteiger partial charge in [-0.25, -0.2) is 0 Å². The van der Waals surface area contributed by atoms with Gasteiger partial charge in [-0.3, -0.25) is 9.69 Å². The summed E-state index contributed by atoms with van der Waals surface area (Å²) in [5.41, 5.74) is 2.26. The van der Waals surface area contributed by atoms with Crippen molar-refractivity contribution in [1.82, 2.24) is 4.90 Å². The highest BCUT2D eigenvalue weighted by Gasteiger charge is 2.31. The van der Waals surface area contributed by atoms with Gasteiger partial charge in [-0.2, -0.15) is 0 Å². The van der Waals surface area contributed by atoms with Crippen molar-refractivity contribution in [3.8, 4) is 17.2 Å². The van der Waals surface area contributed by atoms with Crippen molar-refractivity contribution < 1.29 is 19.0 Å². The fourth-order valence-electron chi connectivity index (χ4n) is 3.42. The molecule has 1 aliphatic rings. The maximum absolute atomic E-state index is 12.6. The first-order valence-electron chi connectivity index (χ1n) is 11.7. The van der Waals surface area contributed by atoms with Crippen molar-refractivity contribution in [2.75, 3.05) is 26.4 Å². The number of nitrogens with zero attached hydrogens (tertiary/aromatic N) is 1. The molecule has 186 valence electrons. The van der Waals surface area contributed by atoms with E-state index in [-0.39, 0.29) is 11.3 Å². The molecule has 0 unspecified atom stereocenters. The molecular formula is C28H33NO4S2. The highest BCUT2D eigenvalue weighted by Crippen LogP contribution is 2.35. The van der Waals surface area contributed by atoms with Gasteiger partial charge in [-0.15, -0.1) is 6.58 Å². The van der Waals surface area contributed by atoms with Gasteiger partial charge in [0.25, 0.3) is 5.91 Å². The van der Waals surface area contributed by atoms with Crippen LogP contribution in [0, 0.1) is 0 Å². The first-order chi connectivity index (χ1) is 16.7. The molecule has 0 aliphatic carbocycles. The summed E-state index contributed by atoms with van der Waals surface area (Å²) < 4.78 is 18.1. The Labute approximate surface area is 218 Å². The number of rotatable bonds is 11. The Morgan fingerprint density at radius 2 is 1.74 bits per heavy atom. The molecule has 0 aromatic heterocycles. The molecule has 0 saturated carbocycles. The summed E-state index contributed by atoms with van der Waals surface area (Å²) >= 11 is 6.60. The van der Waals surface area contributed by atoms with Crippen molar-refractivity contribution in [3.05, 3.63) is 71.2 Å². The molecule has 1 aliphatic heterocycles. The van der Waals surface area contributed by atoms with Crippen molar-refractivity contribution in [3.63, 3.8) is 0 Å². The minimum absolute atomic E-state index is 0.105. The smallest absolute Gasteiger partial charge is 0.266 e. The fourth-order valence-corrected chi connectivity index (χ4v) is 4.70. The zero-order chi connectivity index (χ0) is 25.4. The predicted molar refractivity (Wildman–Crippen MR) is 148 cm³/mol. The molecule has 1 heterocycles. The molecule has 7 heteroatoms. The van der Waals surface area contributed by atoms with Gasteiger partial charge in [-0.1, -0.05) is 69.0 Å². The lowest BCUT2D eigenvalue weighted by atomic mass is 9.87. The monoisotopic (exact) mass is 511 g/mol. The third kappa shape index (κ3) is 7.36. The van der Waals surface area contributed by atoms with E-state index in [0.717, 1.165) is 17.7 Å². The van der Waals surface area contributed by atoms with Crippen molar-refractivity contribution in [2.45, 2.75) is 39.5 Å². The molecule has 1 amide bonds. The minimum atomic E-state index is -0.105. The first-order valence-corrected chi connectivity index (χ1v) is 12.9. The lowest BCUT2D eigenvalue weighted by molar-refractivity contribution is -0.121. The second-order valence-corrected chi connectivity index (χ2v) is 10.7. The van der Waals surface area contributed by atoms with Gasteiger partial charge in [0.15, 0.2) is 11.5 Å². The predicted octanol–water partition coefficient (Wildman–Crippen LogP) is 6.62. The number of benzene rings is 2.